The largest absolute Gasteiger partial charge is 0.422 e. The van der Waals surface area contributed by atoms with E-state index in [4.69, 9.17) is 9.15 Å². The van der Waals surface area contributed by atoms with Crippen molar-refractivity contribution in [2.45, 2.75) is 13.0 Å². The molecule has 1 N–H and O–H groups in total. The van der Waals surface area contributed by atoms with E-state index in [0.29, 0.717) is 29.5 Å². The van der Waals surface area contributed by atoms with E-state index < -0.39 is 6.10 Å². The van der Waals surface area contributed by atoms with Crippen LogP contribution in [0.5, 0.6) is 0 Å². The lowest BCUT2D eigenvalue weighted by Crippen LogP contribution is -2.32. The van der Waals surface area contributed by atoms with Crippen molar-refractivity contribution in [2.75, 3.05) is 32.2 Å². The summed E-state index contributed by atoms with van der Waals surface area (Å²) in [6.45, 7) is 2.42. The number of likely N-dealkylation sites (N-methyl/N-ethyl adjacent to an activating group) is 1. The van der Waals surface area contributed by atoms with E-state index in [0.717, 1.165) is 0 Å². The third-order valence-corrected chi connectivity index (χ3v) is 2.49. The van der Waals surface area contributed by atoms with E-state index in [1.165, 1.54) is 6.33 Å². The Morgan fingerprint density at radius 3 is 3.00 bits per heavy atom. The SMILES string of the molecule is COC[C@H](O)CN(C)c1ncnc2oc(C)nc12. The Morgan fingerprint density at radius 2 is 2.28 bits per heavy atom. The molecule has 0 radical (unpaired) electrons. The molecule has 2 aromatic heterocycles. The van der Waals surface area contributed by atoms with E-state index in [-0.39, 0.29) is 6.61 Å². The van der Waals surface area contributed by atoms with Gasteiger partial charge in [0, 0.05) is 27.6 Å². The fourth-order valence-electron chi connectivity index (χ4n) is 1.77. The molecular weight excluding hydrogens is 236 g/mol. The van der Waals surface area contributed by atoms with Crippen LogP contribution in [0.15, 0.2) is 10.7 Å². The van der Waals surface area contributed by atoms with E-state index in [1.807, 2.05) is 7.05 Å². The van der Waals surface area contributed by atoms with Crippen LogP contribution < -0.4 is 4.90 Å². The molecule has 98 valence electrons. The van der Waals surface area contributed by atoms with Crippen molar-refractivity contribution < 1.29 is 14.3 Å². The molecule has 0 amide bonds. The lowest BCUT2D eigenvalue weighted by Gasteiger charge is -2.20. The van der Waals surface area contributed by atoms with Gasteiger partial charge >= 0.3 is 0 Å². The molecule has 7 nitrogen and oxygen atoms in total. The maximum absolute atomic E-state index is 9.70. The third kappa shape index (κ3) is 2.57. The molecule has 18 heavy (non-hydrogen) atoms. The summed E-state index contributed by atoms with van der Waals surface area (Å²) in [5.41, 5.74) is 1.05. The average Bonchev–Trinajstić information content (AvgIpc) is 2.68. The van der Waals surface area contributed by atoms with Gasteiger partial charge in [-0.25, -0.2) is 9.97 Å². The highest BCUT2D eigenvalue weighted by Crippen LogP contribution is 2.21. The molecule has 1 atom stereocenters. The molecule has 7 heteroatoms. The predicted octanol–water partition coefficient (Wildman–Crippen LogP) is 0.370. The van der Waals surface area contributed by atoms with Gasteiger partial charge in [0.2, 0.25) is 0 Å². The number of hydrogen-bond acceptors (Lipinski definition) is 7. The molecule has 0 aliphatic carbocycles. The second-order valence-corrected chi connectivity index (χ2v) is 4.07. The van der Waals surface area contributed by atoms with Crippen molar-refractivity contribution in [1.82, 2.24) is 15.0 Å². The third-order valence-electron chi connectivity index (χ3n) is 2.49. The number of fused-ring (bicyclic) bond motifs is 1. The number of rotatable bonds is 5. The second kappa shape index (κ2) is 5.28. The number of methoxy groups -OCH3 is 1. The number of oxazole rings is 1. The lowest BCUT2D eigenvalue weighted by molar-refractivity contribution is 0.0694. The van der Waals surface area contributed by atoms with Crippen LogP contribution in [-0.2, 0) is 4.74 Å². The Kier molecular flexibility index (Phi) is 3.73. The van der Waals surface area contributed by atoms with Gasteiger partial charge < -0.3 is 19.2 Å². The summed E-state index contributed by atoms with van der Waals surface area (Å²) >= 11 is 0. The summed E-state index contributed by atoms with van der Waals surface area (Å²) in [4.78, 5) is 14.2. The second-order valence-electron chi connectivity index (χ2n) is 4.07. The molecule has 0 saturated heterocycles. The van der Waals surface area contributed by atoms with Crippen LogP contribution >= 0.6 is 0 Å². The highest BCUT2D eigenvalue weighted by molar-refractivity contribution is 5.81. The lowest BCUT2D eigenvalue weighted by atomic mass is 10.3. The van der Waals surface area contributed by atoms with Crippen molar-refractivity contribution in [3.63, 3.8) is 0 Å². The number of aryl methyl sites for hydroxylation is 1. The van der Waals surface area contributed by atoms with Gasteiger partial charge in [0.25, 0.3) is 5.71 Å². The summed E-state index contributed by atoms with van der Waals surface area (Å²) in [5, 5.41) is 9.70. The van der Waals surface area contributed by atoms with Gasteiger partial charge in [-0.2, -0.15) is 4.98 Å². The molecule has 0 aromatic carbocycles. The standard InChI is InChI=1S/C11H16N4O3/c1-7-14-9-10(12-6-13-11(9)18-7)15(2)4-8(16)5-17-3/h6,8,16H,4-5H2,1-3H3/t8-/m1/s1. The number of nitrogens with zero attached hydrogens (tertiary/aromatic N) is 4. The van der Waals surface area contributed by atoms with Gasteiger partial charge in [-0.15, -0.1) is 0 Å². The van der Waals surface area contributed by atoms with Crippen molar-refractivity contribution in [1.29, 1.82) is 0 Å². The zero-order valence-electron chi connectivity index (χ0n) is 10.6. The van der Waals surface area contributed by atoms with Gasteiger partial charge in [0.05, 0.1) is 12.7 Å². The molecule has 2 rings (SSSR count). The van der Waals surface area contributed by atoms with Crippen LogP contribution in [0.1, 0.15) is 5.89 Å². The smallest absolute Gasteiger partial charge is 0.252 e. The van der Waals surface area contributed by atoms with Crippen LogP contribution in [0, 0.1) is 6.92 Å². The van der Waals surface area contributed by atoms with Gasteiger partial charge in [-0.3, -0.25) is 0 Å². The Morgan fingerprint density at radius 1 is 1.50 bits per heavy atom. The van der Waals surface area contributed by atoms with E-state index >= 15 is 0 Å². The summed E-state index contributed by atoms with van der Waals surface area (Å²) in [6, 6.07) is 0. The molecule has 0 unspecified atom stereocenters. The summed E-state index contributed by atoms with van der Waals surface area (Å²) in [6.07, 6.45) is 0.833. The van der Waals surface area contributed by atoms with Crippen LogP contribution in [-0.4, -0.2) is 53.5 Å². The molecule has 2 aromatic rings. The maximum atomic E-state index is 9.70. The molecule has 2 heterocycles. The first-order valence-corrected chi connectivity index (χ1v) is 5.58. The highest BCUT2D eigenvalue weighted by atomic mass is 16.5. The first kappa shape index (κ1) is 12.7. The van der Waals surface area contributed by atoms with Crippen LogP contribution in [0.2, 0.25) is 0 Å². The molecule has 0 aliphatic heterocycles. The normalized spacial score (nSPS) is 12.9. The Labute approximate surface area is 104 Å². The zero-order chi connectivity index (χ0) is 13.1. The van der Waals surface area contributed by atoms with Gasteiger partial charge in [-0.05, 0) is 0 Å². The number of aliphatic hydroxyl groups excluding tert-OH is 1. The summed E-state index contributed by atoms with van der Waals surface area (Å²) in [5.74, 6) is 1.17. The monoisotopic (exact) mass is 252 g/mol. The van der Waals surface area contributed by atoms with E-state index in [9.17, 15) is 5.11 Å². The molecular formula is C11H16N4O3. The fraction of sp³-hybridized carbons (Fsp3) is 0.545. The quantitative estimate of drug-likeness (QED) is 0.822. The Balaban J connectivity index is 2.24. The fourth-order valence-corrected chi connectivity index (χ4v) is 1.77. The number of ether oxygens (including phenoxy) is 1. The van der Waals surface area contributed by atoms with Gasteiger partial charge in [0.1, 0.15) is 6.33 Å². The number of hydrogen-bond donors (Lipinski definition) is 1. The Bertz CT molecular complexity index is 528. The van der Waals surface area contributed by atoms with Crippen molar-refractivity contribution in [3.8, 4) is 0 Å². The van der Waals surface area contributed by atoms with Crippen molar-refractivity contribution in [3.05, 3.63) is 12.2 Å². The minimum absolute atomic E-state index is 0.274. The topological polar surface area (TPSA) is 84.5 Å². The van der Waals surface area contributed by atoms with Crippen molar-refractivity contribution in [2.24, 2.45) is 0 Å². The van der Waals surface area contributed by atoms with Crippen molar-refractivity contribution >= 4 is 17.0 Å². The number of aromatic nitrogens is 3. The first-order valence-electron chi connectivity index (χ1n) is 5.58. The van der Waals surface area contributed by atoms with Crippen LogP contribution in [0.4, 0.5) is 5.82 Å². The summed E-state index contributed by atoms with van der Waals surface area (Å²) < 4.78 is 10.2. The summed E-state index contributed by atoms with van der Waals surface area (Å²) in [7, 11) is 3.37. The molecule has 0 aliphatic rings. The first-order chi connectivity index (χ1) is 8.61. The predicted molar refractivity (Wildman–Crippen MR) is 65.5 cm³/mol. The number of aliphatic hydroxyl groups is 1. The maximum Gasteiger partial charge on any atom is 0.252 e. The van der Waals surface area contributed by atoms with E-state index in [1.54, 1.807) is 18.9 Å². The Hall–Kier alpha value is -1.73. The average molecular weight is 252 g/mol. The molecule has 0 spiro atoms. The van der Waals surface area contributed by atoms with Crippen LogP contribution in [0.25, 0.3) is 11.2 Å². The van der Waals surface area contributed by atoms with Gasteiger partial charge in [0.15, 0.2) is 17.2 Å². The zero-order valence-corrected chi connectivity index (χ0v) is 10.6. The highest BCUT2D eigenvalue weighted by Gasteiger charge is 2.16. The minimum Gasteiger partial charge on any atom is -0.422 e. The minimum atomic E-state index is -0.585. The van der Waals surface area contributed by atoms with E-state index in [2.05, 4.69) is 15.0 Å². The number of anilines is 1. The van der Waals surface area contributed by atoms with Crippen LogP contribution in [0.3, 0.4) is 0 Å². The molecule has 0 bridgehead atoms. The molecule has 0 fully saturated rings. The van der Waals surface area contributed by atoms with Gasteiger partial charge in [-0.1, -0.05) is 0 Å². The molecule has 0 saturated carbocycles.